The monoisotopic (exact) mass is 390 g/mol. The summed E-state index contributed by atoms with van der Waals surface area (Å²) < 4.78 is 0. The molecule has 1 aliphatic heterocycles. The maximum atomic E-state index is 4.70. The molecule has 1 heterocycles. The van der Waals surface area contributed by atoms with E-state index in [1.165, 1.54) is 62.5 Å². The van der Waals surface area contributed by atoms with Crippen LogP contribution < -0.4 is 0 Å². The summed E-state index contributed by atoms with van der Waals surface area (Å²) in [6.45, 7) is 5.51. The smallest absolute Gasteiger partial charge is 0.0849 e. The van der Waals surface area contributed by atoms with Gasteiger partial charge in [0.2, 0.25) is 0 Å². The lowest BCUT2D eigenvalue weighted by Gasteiger charge is -2.36. The number of nitrogens with zero attached hydrogens (tertiary/aromatic N) is 2. The van der Waals surface area contributed by atoms with Crippen LogP contribution >= 0.6 is 0 Å². The van der Waals surface area contributed by atoms with E-state index in [-0.39, 0.29) is 0 Å². The summed E-state index contributed by atoms with van der Waals surface area (Å²) in [5.74, 6) is 1.20. The van der Waals surface area contributed by atoms with Crippen LogP contribution in [-0.2, 0) is 0 Å². The highest BCUT2D eigenvalue weighted by Crippen LogP contribution is 2.37. The highest BCUT2D eigenvalue weighted by atomic mass is 15.1. The molecular weight excluding hydrogens is 352 g/mol. The first kappa shape index (κ1) is 21.6. The molecule has 0 amide bonds. The van der Waals surface area contributed by atoms with Gasteiger partial charge in [-0.25, -0.2) is 0 Å². The number of aliphatic imine (C=N–C) groups is 1. The second kappa shape index (κ2) is 12.5. The molecule has 2 aromatic rings. The van der Waals surface area contributed by atoms with Crippen LogP contribution in [0, 0.1) is 5.92 Å². The van der Waals surface area contributed by atoms with E-state index in [4.69, 9.17) is 4.99 Å². The van der Waals surface area contributed by atoms with Crippen molar-refractivity contribution in [3.8, 4) is 0 Å². The van der Waals surface area contributed by atoms with Crippen LogP contribution in [0.4, 0.5) is 0 Å². The average molecular weight is 391 g/mol. The standard InChI is InChI=1S/C27H38N2/c1-2-3-4-5-6-13-20-28-23-29-21-18-26(19-22-29)27(24-14-9-7-10-15-24)25-16-11-8-12-17-25/h7-12,14-17,23,26-27H,2-6,13,18-22H2,1H3. The summed E-state index contributed by atoms with van der Waals surface area (Å²) in [4.78, 5) is 7.13. The van der Waals surface area contributed by atoms with Crippen molar-refractivity contribution < 1.29 is 0 Å². The van der Waals surface area contributed by atoms with Gasteiger partial charge in [0.1, 0.15) is 0 Å². The van der Waals surface area contributed by atoms with Gasteiger partial charge in [-0.2, -0.15) is 0 Å². The first-order valence-corrected chi connectivity index (χ1v) is 11.7. The van der Waals surface area contributed by atoms with Gasteiger partial charge in [0, 0.05) is 25.6 Å². The fourth-order valence-electron chi connectivity index (χ4n) is 4.58. The quantitative estimate of drug-likeness (QED) is 0.231. The van der Waals surface area contributed by atoms with Crippen LogP contribution in [-0.4, -0.2) is 30.9 Å². The highest BCUT2D eigenvalue weighted by Gasteiger charge is 2.28. The number of unbranched alkanes of at least 4 members (excludes halogenated alkanes) is 5. The lowest BCUT2D eigenvalue weighted by molar-refractivity contribution is 0.254. The highest BCUT2D eigenvalue weighted by molar-refractivity contribution is 5.55. The van der Waals surface area contributed by atoms with E-state index in [2.05, 4.69) is 78.8 Å². The Kier molecular flexibility index (Phi) is 9.29. The van der Waals surface area contributed by atoms with Crippen molar-refractivity contribution in [3.63, 3.8) is 0 Å². The molecule has 0 unspecified atom stereocenters. The van der Waals surface area contributed by atoms with Gasteiger partial charge in [0.15, 0.2) is 0 Å². The van der Waals surface area contributed by atoms with Crippen LogP contribution in [0.2, 0.25) is 0 Å². The Morgan fingerprint density at radius 3 is 1.97 bits per heavy atom. The molecule has 1 aliphatic rings. The number of piperidine rings is 1. The van der Waals surface area contributed by atoms with Crippen molar-refractivity contribution >= 4 is 6.34 Å². The normalized spacial score (nSPS) is 15.4. The molecule has 2 heteroatoms. The van der Waals surface area contributed by atoms with E-state index in [1.807, 2.05) is 0 Å². The minimum atomic E-state index is 0.500. The minimum absolute atomic E-state index is 0.500. The van der Waals surface area contributed by atoms with E-state index in [1.54, 1.807) is 0 Å². The summed E-state index contributed by atoms with van der Waals surface area (Å²) in [6, 6.07) is 22.1. The molecular formula is C27H38N2. The molecule has 3 rings (SSSR count). The SMILES string of the molecule is CCCCCCCCN=CN1CCC(C(c2ccccc2)c2ccccc2)CC1. The van der Waals surface area contributed by atoms with Crippen LogP contribution in [0.5, 0.6) is 0 Å². The van der Waals surface area contributed by atoms with E-state index in [0.29, 0.717) is 11.8 Å². The number of benzene rings is 2. The van der Waals surface area contributed by atoms with Gasteiger partial charge < -0.3 is 4.90 Å². The van der Waals surface area contributed by atoms with Gasteiger partial charge in [-0.15, -0.1) is 0 Å². The summed E-state index contributed by atoms with van der Waals surface area (Å²) >= 11 is 0. The second-order valence-corrected chi connectivity index (χ2v) is 8.46. The average Bonchev–Trinajstić information content (AvgIpc) is 2.78. The Morgan fingerprint density at radius 1 is 0.828 bits per heavy atom. The maximum Gasteiger partial charge on any atom is 0.0849 e. The Balaban J connectivity index is 1.48. The third-order valence-electron chi connectivity index (χ3n) is 6.25. The summed E-state index contributed by atoms with van der Waals surface area (Å²) in [5.41, 5.74) is 2.91. The van der Waals surface area contributed by atoms with Crippen molar-refractivity contribution in [3.05, 3.63) is 71.8 Å². The van der Waals surface area contributed by atoms with Gasteiger partial charge in [0.05, 0.1) is 6.34 Å². The predicted molar refractivity (Wildman–Crippen MR) is 126 cm³/mol. The molecule has 29 heavy (non-hydrogen) atoms. The fraction of sp³-hybridized carbons (Fsp3) is 0.519. The fourth-order valence-corrected chi connectivity index (χ4v) is 4.58. The Bertz CT molecular complexity index is 647. The summed E-state index contributed by atoms with van der Waals surface area (Å²) in [7, 11) is 0. The molecule has 0 saturated carbocycles. The third-order valence-corrected chi connectivity index (χ3v) is 6.25. The Labute approximate surface area is 178 Å². The van der Waals surface area contributed by atoms with Crippen LogP contribution in [0.25, 0.3) is 0 Å². The van der Waals surface area contributed by atoms with Crippen LogP contribution in [0.1, 0.15) is 75.3 Å². The topological polar surface area (TPSA) is 15.6 Å². The van der Waals surface area contributed by atoms with E-state index >= 15 is 0 Å². The molecule has 0 aliphatic carbocycles. The molecule has 156 valence electrons. The molecule has 0 bridgehead atoms. The molecule has 2 nitrogen and oxygen atoms in total. The first-order chi connectivity index (χ1) is 14.4. The predicted octanol–water partition coefficient (Wildman–Crippen LogP) is 6.92. The van der Waals surface area contributed by atoms with E-state index in [9.17, 15) is 0 Å². The third kappa shape index (κ3) is 7.03. The van der Waals surface area contributed by atoms with Crippen molar-refractivity contribution in [1.82, 2.24) is 4.90 Å². The molecule has 0 spiro atoms. The number of hydrogen-bond acceptors (Lipinski definition) is 1. The van der Waals surface area contributed by atoms with Crippen molar-refractivity contribution in [2.24, 2.45) is 10.9 Å². The Morgan fingerprint density at radius 2 is 1.38 bits per heavy atom. The van der Waals surface area contributed by atoms with Crippen LogP contribution in [0.3, 0.4) is 0 Å². The zero-order chi connectivity index (χ0) is 20.2. The van der Waals surface area contributed by atoms with Gasteiger partial charge in [0.25, 0.3) is 0 Å². The maximum absolute atomic E-state index is 4.70. The van der Waals surface area contributed by atoms with Crippen molar-refractivity contribution in [2.75, 3.05) is 19.6 Å². The van der Waals surface area contributed by atoms with E-state index in [0.717, 1.165) is 19.6 Å². The second-order valence-electron chi connectivity index (χ2n) is 8.46. The molecule has 1 fully saturated rings. The molecule has 2 aromatic carbocycles. The van der Waals surface area contributed by atoms with Crippen molar-refractivity contribution in [2.45, 2.75) is 64.2 Å². The Hall–Kier alpha value is -2.09. The van der Waals surface area contributed by atoms with Gasteiger partial charge >= 0.3 is 0 Å². The summed E-state index contributed by atoms with van der Waals surface area (Å²) in [6.07, 6.45) is 12.6. The number of rotatable bonds is 11. The van der Waals surface area contributed by atoms with Gasteiger partial charge in [-0.05, 0) is 36.3 Å². The van der Waals surface area contributed by atoms with E-state index < -0.39 is 0 Å². The summed E-state index contributed by atoms with van der Waals surface area (Å²) in [5, 5.41) is 0. The zero-order valence-electron chi connectivity index (χ0n) is 18.2. The largest absolute Gasteiger partial charge is 0.363 e. The lowest BCUT2D eigenvalue weighted by Crippen LogP contribution is -2.35. The first-order valence-electron chi connectivity index (χ1n) is 11.7. The molecule has 0 atom stereocenters. The molecule has 0 N–H and O–H groups in total. The minimum Gasteiger partial charge on any atom is -0.363 e. The molecule has 0 radical (unpaired) electrons. The molecule has 1 saturated heterocycles. The lowest BCUT2D eigenvalue weighted by atomic mass is 9.76. The molecule has 0 aromatic heterocycles. The number of hydrogen-bond donors (Lipinski definition) is 0. The van der Waals surface area contributed by atoms with Crippen molar-refractivity contribution in [1.29, 1.82) is 0 Å². The van der Waals surface area contributed by atoms with Crippen LogP contribution in [0.15, 0.2) is 65.7 Å². The zero-order valence-corrected chi connectivity index (χ0v) is 18.2. The number of likely N-dealkylation sites (tertiary alicyclic amines) is 1. The van der Waals surface area contributed by atoms with Gasteiger partial charge in [-0.1, -0.05) is 99.7 Å². The van der Waals surface area contributed by atoms with Gasteiger partial charge in [-0.3, -0.25) is 4.99 Å².